The third kappa shape index (κ3) is 8.35. The van der Waals surface area contributed by atoms with E-state index in [0.717, 1.165) is 4.31 Å². The summed E-state index contributed by atoms with van der Waals surface area (Å²) in [6.45, 7) is 6.54. The zero-order chi connectivity index (χ0) is 29.0. The minimum absolute atomic E-state index is 0.0170. The van der Waals surface area contributed by atoms with E-state index in [1.807, 2.05) is 20.8 Å². The van der Waals surface area contributed by atoms with E-state index < -0.39 is 34.1 Å². The molecule has 0 radical (unpaired) electrons. The summed E-state index contributed by atoms with van der Waals surface area (Å²) in [5.41, 5.74) is 0.287. The molecule has 0 aliphatic rings. The Labute approximate surface area is 244 Å². The van der Waals surface area contributed by atoms with Crippen molar-refractivity contribution in [2.45, 2.75) is 50.7 Å². The number of carbonyl (C=O) groups excluding carboxylic acids is 2. The molecule has 39 heavy (non-hydrogen) atoms. The van der Waals surface area contributed by atoms with Gasteiger partial charge in [-0.3, -0.25) is 13.9 Å². The highest BCUT2D eigenvalue weighted by Gasteiger charge is 2.33. The number of carbonyl (C=O) groups is 2. The van der Waals surface area contributed by atoms with Crippen LogP contribution in [0.25, 0.3) is 0 Å². The lowest BCUT2D eigenvalue weighted by molar-refractivity contribution is -0.140. The molecule has 1 N–H and O–H groups in total. The Morgan fingerprint density at radius 2 is 1.44 bits per heavy atom. The third-order valence-corrected chi connectivity index (χ3v) is 8.15. The molecule has 0 saturated heterocycles. The molecule has 0 fully saturated rings. The molecule has 0 saturated carbocycles. The number of benzene rings is 3. The second kappa shape index (κ2) is 12.6. The van der Waals surface area contributed by atoms with Crippen LogP contribution in [0.2, 0.25) is 15.1 Å². The fourth-order valence-electron chi connectivity index (χ4n) is 3.77. The second-order valence-electron chi connectivity index (χ2n) is 10.0. The van der Waals surface area contributed by atoms with Crippen molar-refractivity contribution in [2.75, 3.05) is 10.8 Å². The predicted octanol–water partition coefficient (Wildman–Crippen LogP) is 6.17. The van der Waals surface area contributed by atoms with E-state index >= 15 is 0 Å². The Bertz CT molecular complexity index is 1410. The first kappa shape index (κ1) is 30.8. The van der Waals surface area contributed by atoms with E-state index in [2.05, 4.69) is 5.32 Å². The summed E-state index contributed by atoms with van der Waals surface area (Å²) in [4.78, 5) is 28.3. The van der Waals surface area contributed by atoms with E-state index in [4.69, 9.17) is 34.8 Å². The Morgan fingerprint density at radius 1 is 0.872 bits per heavy atom. The average Bonchev–Trinajstić information content (AvgIpc) is 2.85. The topological polar surface area (TPSA) is 86.8 Å². The smallest absolute Gasteiger partial charge is 0.264 e. The normalized spacial score (nSPS) is 12.5. The van der Waals surface area contributed by atoms with Gasteiger partial charge in [-0.25, -0.2) is 8.42 Å². The van der Waals surface area contributed by atoms with Crippen molar-refractivity contribution in [1.82, 2.24) is 10.2 Å². The highest BCUT2D eigenvalue weighted by atomic mass is 35.5. The number of nitrogens with zero attached hydrogens (tertiary/aromatic N) is 2. The number of hydrogen-bond donors (Lipinski definition) is 1. The molecule has 7 nitrogen and oxygen atoms in total. The van der Waals surface area contributed by atoms with Gasteiger partial charge in [0.2, 0.25) is 11.8 Å². The van der Waals surface area contributed by atoms with Crippen LogP contribution in [-0.4, -0.2) is 43.3 Å². The van der Waals surface area contributed by atoms with Crippen LogP contribution in [0.3, 0.4) is 0 Å². The number of halogens is 3. The zero-order valence-electron chi connectivity index (χ0n) is 22.0. The fourth-order valence-corrected chi connectivity index (χ4v) is 5.83. The largest absolute Gasteiger partial charge is 0.350 e. The Morgan fingerprint density at radius 3 is 1.97 bits per heavy atom. The van der Waals surface area contributed by atoms with Crippen LogP contribution in [0.15, 0.2) is 77.7 Å². The molecule has 208 valence electrons. The lowest BCUT2D eigenvalue weighted by Gasteiger charge is -2.33. The van der Waals surface area contributed by atoms with Gasteiger partial charge in [-0.2, -0.15) is 0 Å². The molecule has 0 bridgehead atoms. The van der Waals surface area contributed by atoms with Crippen LogP contribution in [0.1, 0.15) is 33.3 Å². The summed E-state index contributed by atoms with van der Waals surface area (Å²) in [6, 6.07) is 18.0. The first-order valence-electron chi connectivity index (χ1n) is 12.1. The molecule has 1 atom stereocenters. The first-order chi connectivity index (χ1) is 18.2. The van der Waals surface area contributed by atoms with Crippen molar-refractivity contribution in [3.05, 3.63) is 93.4 Å². The molecule has 3 aromatic rings. The summed E-state index contributed by atoms with van der Waals surface area (Å²) in [6.07, 6.45) is 0. The number of hydrogen-bond acceptors (Lipinski definition) is 4. The Kier molecular flexibility index (Phi) is 9.93. The molecule has 3 rings (SSSR count). The van der Waals surface area contributed by atoms with Crippen LogP contribution >= 0.6 is 34.8 Å². The van der Waals surface area contributed by atoms with E-state index in [9.17, 15) is 18.0 Å². The van der Waals surface area contributed by atoms with Crippen LogP contribution in [0, 0.1) is 0 Å². The number of nitrogens with one attached hydrogen (secondary N) is 1. The molecular formula is C28H30Cl3N3O4S. The van der Waals surface area contributed by atoms with Crippen LogP contribution in [-0.2, 0) is 26.2 Å². The summed E-state index contributed by atoms with van der Waals surface area (Å²) in [5.74, 6) is -0.981. The van der Waals surface area contributed by atoms with Gasteiger partial charge in [0, 0.05) is 27.2 Å². The average molecular weight is 611 g/mol. The summed E-state index contributed by atoms with van der Waals surface area (Å²) in [7, 11) is -4.22. The number of anilines is 1. The van der Waals surface area contributed by atoms with Crippen LogP contribution in [0.5, 0.6) is 0 Å². The first-order valence-corrected chi connectivity index (χ1v) is 14.6. The Balaban J connectivity index is 2.05. The maximum absolute atomic E-state index is 13.9. The maximum Gasteiger partial charge on any atom is 0.264 e. The summed E-state index contributed by atoms with van der Waals surface area (Å²) < 4.78 is 28.5. The number of amides is 2. The van der Waals surface area contributed by atoms with Gasteiger partial charge in [-0.15, -0.1) is 0 Å². The van der Waals surface area contributed by atoms with Crippen molar-refractivity contribution in [3.8, 4) is 0 Å². The molecule has 0 spiro atoms. The van der Waals surface area contributed by atoms with E-state index in [1.54, 1.807) is 49.4 Å². The monoisotopic (exact) mass is 609 g/mol. The number of sulfonamides is 1. The molecule has 0 aliphatic carbocycles. The van der Waals surface area contributed by atoms with Gasteiger partial charge in [-0.05, 0) is 75.7 Å². The Hall–Kier alpha value is -2.78. The fraction of sp³-hybridized carbons (Fsp3) is 0.286. The van der Waals surface area contributed by atoms with Gasteiger partial charge in [0.1, 0.15) is 12.6 Å². The van der Waals surface area contributed by atoms with Crippen LogP contribution in [0.4, 0.5) is 5.69 Å². The third-order valence-electron chi connectivity index (χ3n) is 5.68. The molecule has 3 aromatic carbocycles. The second-order valence-corrected chi connectivity index (χ2v) is 13.2. The lowest BCUT2D eigenvalue weighted by Crippen LogP contribution is -2.54. The highest BCUT2D eigenvalue weighted by molar-refractivity contribution is 7.92. The van der Waals surface area contributed by atoms with Gasteiger partial charge in [0.25, 0.3) is 10.0 Å². The van der Waals surface area contributed by atoms with Crippen molar-refractivity contribution < 1.29 is 18.0 Å². The highest BCUT2D eigenvalue weighted by Crippen LogP contribution is 2.30. The van der Waals surface area contributed by atoms with E-state index in [-0.39, 0.29) is 33.1 Å². The van der Waals surface area contributed by atoms with Crippen molar-refractivity contribution in [1.29, 1.82) is 0 Å². The number of rotatable bonds is 9. The van der Waals surface area contributed by atoms with Gasteiger partial charge in [0.05, 0.1) is 10.6 Å². The SMILES string of the molecule is C[C@H](C(=O)NC(C)(C)C)N(Cc1ccc(Cl)cc1)C(=O)CN(c1cc(Cl)cc(Cl)c1)S(=O)(=O)c1ccccc1. The van der Waals surface area contributed by atoms with Gasteiger partial charge in [0.15, 0.2) is 0 Å². The maximum atomic E-state index is 13.9. The molecular weight excluding hydrogens is 581 g/mol. The zero-order valence-corrected chi connectivity index (χ0v) is 25.1. The molecule has 0 aromatic heterocycles. The molecule has 11 heteroatoms. The van der Waals surface area contributed by atoms with Crippen molar-refractivity contribution >= 4 is 62.3 Å². The molecule has 0 heterocycles. The minimum atomic E-state index is -4.22. The van der Waals surface area contributed by atoms with E-state index in [1.165, 1.54) is 35.2 Å². The molecule has 0 aliphatic heterocycles. The lowest BCUT2D eigenvalue weighted by atomic mass is 10.1. The van der Waals surface area contributed by atoms with Crippen molar-refractivity contribution in [2.24, 2.45) is 0 Å². The van der Waals surface area contributed by atoms with E-state index in [0.29, 0.717) is 10.6 Å². The standard InChI is InChI=1S/C28H30Cl3N3O4S/c1-19(27(36)32-28(2,3)4)33(17-20-10-12-21(29)13-11-20)26(35)18-34(24-15-22(30)14-23(31)16-24)39(37,38)25-8-6-5-7-9-25/h5-16,19H,17-18H2,1-4H3,(H,32,36)/t19-/m1/s1. The molecule has 2 amide bonds. The predicted molar refractivity (Wildman–Crippen MR) is 157 cm³/mol. The quantitative estimate of drug-likeness (QED) is 0.314. The molecule has 0 unspecified atom stereocenters. The van der Waals surface area contributed by atoms with Gasteiger partial charge in [-0.1, -0.05) is 65.1 Å². The van der Waals surface area contributed by atoms with Gasteiger partial charge < -0.3 is 10.2 Å². The summed E-state index contributed by atoms with van der Waals surface area (Å²) >= 11 is 18.4. The minimum Gasteiger partial charge on any atom is -0.350 e. The van der Waals surface area contributed by atoms with Crippen molar-refractivity contribution in [3.63, 3.8) is 0 Å². The summed E-state index contributed by atoms with van der Waals surface area (Å²) in [5, 5.41) is 3.81. The van der Waals surface area contributed by atoms with Crippen LogP contribution < -0.4 is 9.62 Å². The van der Waals surface area contributed by atoms with Gasteiger partial charge >= 0.3 is 0 Å².